The average molecular weight is 419 g/mol. The number of aryl methyl sites for hydroxylation is 1. The van der Waals surface area contributed by atoms with Gasteiger partial charge in [0.1, 0.15) is 5.82 Å². The Hall–Kier alpha value is -2.90. The van der Waals surface area contributed by atoms with Gasteiger partial charge in [-0.3, -0.25) is 9.52 Å². The SMILES string of the molecule is Cc1ccc(S(=O)(=O)Nc2ccc(C(=O)Nc3ccc(F)c(Cl)c3)cc2)cc1. The van der Waals surface area contributed by atoms with Crippen molar-refractivity contribution in [3.63, 3.8) is 0 Å². The van der Waals surface area contributed by atoms with E-state index < -0.39 is 21.7 Å². The van der Waals surface area contributed by atoms with Crippen LogP contribution in [0.2, 0.25) is 5.02 Å². The number of carbonyl (C=O) groups is 1. The molecule has 0 bridgehead atoms. The quantitative estimate of drug-likeness (QED) is 0.622. The second kappa shape index (κ2) is 8.00. The van der Waals surface area contributed by atoms with Crippen molar-refractivity contribution in [2.45, 2.75) is 11.8 Å². The minimum atomic E-state index is -3.72. The summed E-state index contributed by atoms with van der Waals surface area (Å²) in [4.78, 5) is 12.4. The fraction of sp³-hybridized carbons (Fsp3) is 0.0500. The number of halogens is 2. The van der Waals surface area contributed by atoms with Crippen molar-refractivity contribution in [3.8, 4) is 0 Å². The molecule has 8 heteroatoms. The van der Waals surface area contributed by atoms with Gasteiger partial charge in [0.25, 0.3) is 15.9 Å². The molecule has 0 radical (unpaired) electrons. The second-order valence-corrected chi connectivity index (χ2v) is 8.17. The highest BCUT2D eigenvalue weighted by atomic mass is 35.5. The Morgan fingerprint density at radius 3 is 2.14 bits per heavy atom. The molecule has 0 atom stereocenters. The molecule has 0 saturated carbocycles. The van der Waals surface area contributed by atoms with Gasteiger partial charge in [-0.25, -0.2) is 12.8 Å². The highest BCUT2D eigenvalue weighted by molar-refractivity contribution is 7.92. The molecule has 144 valence electrons. The van der Waals surface area contributed by atoms with Gasteiger partial charge >= 0.3 is 0 Å². The fourth-order valence-electron chi connectivity index (χ4n) is 2.40. The van der Waals surface area contributed by atoms with E-state index >= 15 is 0 Å². The molecule has 0 spiro atoms. The van der Waals surface area contributed by atoms with Gasteiger partial charge in [-0.15, -0.1) is 0 Å². The monoisotopic (exact) mass is 418 g/mol. The highest BCUT2D eigenvalue weighted by Gasteiger charge is 2.14. The molecule has 0 unspecified atom stereocenters. The van der Waals surface area contributed by atoms with Crippen LogP contribution in [0.4, 0.5) is 15.8 Å². The molecule has 1 amide bonds. The van der Waals surface area contributed by atoms with Crippen molar-refractivity contribution in [1.82, 2.24) is 0 Å². The van der Waals surface area contributed by atoms with Crippen LogP contribution in [-0.4, -0.2) is 14.3 Å². The zero-order valence-electron chi connectivity index (χ0n) is 14.7. The van der Waals surface area contributed by atoms with Crippen LogP contribution in [0.15, 0.2) is 71.6 Å². The summed E-state index contributed by atoms with van der Waals surface area (Å²) < 4.78 is 40.4. The number of rotatable bonds is 5. The van der Waals surface area contributed by atoms with E-state index in [-0.39, 0.29) is 9.92 Å². The molecule has 3 aromatic carbocycles. The maximum atomic E-state index is 13.2. The molecule has 3 rings (SSSR count). The van der Waals surface area contributed by atoms with Gasteiger partial charge in [0, 0.05) is 16.9 Å². The lowest BCUT2D eigenvalue weighted by Gasteiger charge is -2.10. The zero-order chi connectivity index (χ0) is 20.3. The van der Waals surface area contributed by atoms with Crippen LogP contribution >= 0.6 is 11.6 Å². The molecule has 5 nitrogen and oxygen atoms in total. The van der Waals surface area contributed by atoms with Crippen molar-refractivity contribution in [1.29, 1.82) is 0 Å². The van der Waals surface area contributed by atoms with E-state index in [1.165, 1.54) is 48.5 Å². The van der Waals surface area contributed by atoms with Crippen LogP contribution < -0.4 is 10.0 Å². The number of benzene rings is 3. The third kappa shape index (κ3) is 4.68. The molecule has 0 aromatic heterocycles. The highest BCUT2D eigenvalue weighted by Crippen LogP contribution is 2.21. The molecule has 0 aliphatic carbocycles. The van der Waals surface area contributed by atoms with Crippen molar-refractivity contribution in [2.75, 3.05) is 10.0 Å². The fourth-order valence-corrected chi connectivity index (χ4v) is 3.64. The molecule has 28 heavy (non-hydrogen) atoms. The van der Waals surface area contributed by atoms with E-state index in [0.717, 1.165) is 11.6 Å². The van der Waals surface area contributed by atoms with E-state index in [9.17, 15) is 17.6 Å². The molecule has 3 aromatic rings. The number of hydrogen-bond donors (Lipinski definition) is 2. The third-order valence-corrected chi connectivity index (χ3v) is 5.59. The molecule has 0 fully saturated rings. The third-order valence-electron chi connectivity index (χ3n) is 3.91. The topological polar surface area (TPSA) is 75.3 Å². The van der Waals surface area contributed by atoms with Crippen molar-refractivity contribution < 1.29 is 17.6 Å². The maximum absolute atomic E-state index is 13.2. The smallest absolute Gasteiger partial charge is 0.261 e. The van der Waals surface area contributed by atoms with Crippen LogP contribution in [-0.2, 0) is 10.0 Å². The lowest BCUT2D eigenvalue weighted by atomic mass is 10.2. The standard InChI is InChI=1S/C20H16ClFN2O3S/c1-13-2-9-17(10-3-13)28(26,27)24-15-6-4-14(5-7-15)20(25)23-16-8-11-19(22)18(21)12-16/h2-12,24H,1H3,(H,23,25). The predicted octanol–water partition coefficient (Wildman–Crippen LogP) is 4.84. The summed E-state index contributed by atoms with van der Waals surface area (Å²) in [6.45, 7) is 1.87. The van der Waals surface area contributed by atoms with Crippen LogP contribution in [0.5, 0.6) is 0 Å². The Bertz CT molecular complexity index is 1120. The molecule has 0 heterocycles. The van der Waals surface area contributed by atoms with Gasteiger partial charge in [0.15, 0.2) is 0 Å². The Morgan fingerprint density at radius 1 is 0.929 bits per heavy atom. The van der Waals surface area contributed by atoms with Gasteiger partial charge in [-0.1, -0.05) is 29.3 Å². The first-order valence-corrected chi connectivity index (χ1v) is 10.1. The first-order chi connectivity index (χ1) is 13.2. The predicted molar refractivity (Wildman–Crippen MR) is 108 cm³/mol. The summed E-state index contributed by atoms with van der Waals surface area (Å²) in [6.07, 6.45) is 0. The Morgan fingerprint density at radius 2 is 1.54 bits per heavy atom. The minimum Gasteiger partial charge on any atom is -0.322 e. The Labute approximate surface area is 167 Å². The summed E-state index contributed by atoms with van der Waals surface area (Å²) >= 11 is 5.69. The largest absolute Gasteiger partial charge is 0.322 e. The van der Waals surface area contributed by atoms with E-state index in [2.05, 4.69) is 10.0 Å². The number of nitrogens with one attached hydrogen (secondary N) is 2. The minimum absolute atomic E-state index is 0.0985. The molecular formula is C20H16ClFN2O3S. The molecule has 2 N–H and O–H groups in total. The van der Waals surface area contributed by atoms with E-state index in [1.807, 2.05) is 6.92 Å². The van der Waals surface area contributed by atoms with Gasteiger partial charge in [-0.2, -0.15) is 0 Å². The molecule has 0 aliphatic heterocycles. The Balaban J connectivity index is 1.71. The van der Waals surface area contributed by atoms with Crippen molar-refractivity contribution in [2.24, 2.45) is 0 Å². The number of anilines is 2. The van der Waals surface area contributed by atoms with E-state index in [4.69, 9.17) is 11.6 Å². The summed E-state index contributed by atoms with van der Waals surface area (Å²) in [5.41, 5.74) is 1.93. The summed E-state index contributed by atoms with van der Waals surface area (Å²) in [5, 5.41) is 2.50. The van der Waals surface area contributed by atoms with Crippen molar-refractivity contribution in [3.05, 3.63) is 88.7 Å². The summed E-state index contributed by atoms with van der Waals surface area (Å²) in [6, 6.07) is 16.2. The van der Waals surface area contributed by atoms with Crippen LogP contribution in [0, 0.1) is 12.7 Å². The Kier molecular flexibility index (Phi) is 5.67. The van der Waals surface area contributed by atoms with E-state index in [1.54, 1.807) is 12.1 Å². The zero-order valence-corrected chi connectivity index (χ0v) is 16.3. The second-order valence-electron chi connectivity index (χ2n) is 6.08. The normalized spacial score (nSPS) is 11.1. The van der Waals surface area contributed by atoms with E-state index in [0.29, 0.717) is 16.9 Å². The van der Waals surface area contributed by atoms with Gasteiger partial charge in [-0.05, 0) is 61.5 Å². The van der Waals surface area contributed by atoms with Gasteiger partial charge in [0.05, 0.1) is 9.92 Å². The summed E-state index contributed by atoms with van der Waals surface area (Å²) in [7, 11) is -3.72. The molecule has 0 aliphatic rings. The van der Waals surface area contributed by atoms with Crippen LogP contribution in [0.1, 0.15) is 15.9 Å². The van der Waals surface area contributed by atoms with Crippen LogP contribution in [0.25, 0.3) is 0 Å². The summed E-state index contributed by atoms with van der Waals surface area (Å²) in [5.74, 6) is -1.01. The number of carbonyl (C=O) groups excluding carboxylic acids is 1. The lowest BCUT2D eigenvalue weighted by Crippen LogP contribution is -2.14. The first-order valence-electron chi connectivity index (χ1n) is 8.20. The number of hydrogen-bond acceptors (Lipinski definition) is 3. The van der Waals surface area contributed by atoms with Crippen molar-refractivity contribution >= 4 is 38.9 Å². The first kappa shape index (κ1) is 19.9. The number of sulfonamides is 1. The molecular weight excluding hydrogens is 403 g/mol. The maximum Gasteiger partial charge on any atom is 0.261 e. The lowest BCUT2D eigenvalue weighted by molar-refractivity contribution is 0.102. The van der Waals surface area contributed by atoms with Gasteiger partial charge in [0.2, 0.25) is 0 Å². The average Bonchev–Trinajstić information content (AvgIpc) is 2.65. The van der Waals surface area contributed by atoms with Crippen LogP contribution in [0.3, 0.4) is 0 Å². The number of amides is 1. The molecule has 0 saturated heterocycles. The van der Waals surface area contributed by atoms with Gasteiger partial charge < -0.3 is 5.32 Å².